The fourth-order valence-corrected chi connectivity index (χ4v) is 5.38. The number of aliphatic carboxylic acids is 3. The van der Waals surface area contributed by atoms with Crippen LogP contribution < -0.4 is 31.2 Å². The van der Waals surface area contributed by atoms with E-state index in [1.807, 2.05) is 6.79 Å². The van der Waals surface area contributed by atoms with Crippen molar-refractivity contribution in [2.24, 2.45) is 0 Å². The molecule has 0 aliphatic carbocycles. The smallest absolute Gasteiger partial charge is 0.542 e. The third-order valence-electron chi connectivity index (χ3n) is 4.95. The largest absolute Gasteiger partial charge is 3.00 e. The van der Waals surface area contributed by atoms with Crippen LogP contribution in [0.15, 0.2) is 91.0 Å². The number of carbonyl (C=O) groups excluding carboxylic acids is 10. The van der Waals surface area contributed by atoms with Crippen molar-refractivity contribution in [2.75, 3.05) is 0 Å². The maximum atomic E-state index is 10.1. The molecule has 0 aliphatic heterocycles. The molecular weight excluding hydrogens is 750 g/mol. The Labute approximate surface area is 296 Å². The number of carboxylic acids is 3. The Morgan fingerprint density at radius 3 is 0.755 bits per heavy atom. The second-order valence-corrected chi connectivity index (χ2v) is 11.3. The van der Waals surface area contributed by atoms with Crippen molar-refractivity contribution in [3.05, 3.63) is 91.0 Å². The van der Waals surface area contributed by atoms with Gasteiger partial charge in [0.15, 0.2) is 17.3 Å². The predicted molar refractivity (Wildman–Crippen MR) is 168 cm³/mol. The van der Waals surface area contributed by atoms with Crippen LogP contribution in [0.25, 0.3) is 0 Å². The molecular formula is C34H32O13PRh. The van der Waals surface area contributed by atoms with Crippen LogP contribution in [0.5, 0.6) is 0 Å². The van der Waals surface area contributed by atoms with Crippen molar-refractivity contribution < 1.29 is 82.7 Å². The molecule has 0 saturated heterocycles. The van der Waals surface area contributed by atoms with Gasteiger partial charge in [-0.3, -0.25) is 28.8 Å². The van der Waals surface area contributed by atoms with Gasteiger partial charge in [0.25, 0.3) is 0 Å². The molecule has 0 bridgehead atoms. The summed E-state index contributed by atoms with van der Waals surface area (Å²) in [6, 6.07) is 32.3. The Hall–Kier alpha value is -5.19. The van der Waals surface area contributed by atoms with Crippen LogP contribution in [-0.2, 0) is 67.4 Å². The van der Waals surface area contributed by atoms with Crippen molar-refractivity contribution in [2.45, 2.75) is 40.0 Å². The van der Waals surface area contributed by atoms with Gasteiger partial charge in [-0.1, -0.05) is 91.0 Å². The molecule has 0 spiro atoms. The third kappa shape index (κ3) is 23.7. The molecule has 3 rings (SSSR count). The minimum absolute atomic E-state index is 0. The summed E-state index contributed by atoms with van der Waals surface area (Å²) in [5, 5.41) is 33.1. The standard InChI is InChI=1S/C18H15P.3C5H6O4.CH2O.Rh/c1-4-10-16(11-5-1)19(17-12-6-2-7-13-17)18-14-8-3-9-15-18;3*1-3(6)2-4(7)5(8)9;1-2;/h1-15H;3*2H2,1H3,(H,8,9);1H2;/q;;;;;+3/p-3. The molecule has 0 N–H and O–H groups in total. The summed E-state index contributed by atoms with van der Waals surface area (Å²) in [5.74, 6) is -10.3. The minimum Gasteiger partial charge on any atom is -0.542 e. The molecule has 3 aromatic carbocycles. The fraction of sp³-hybridized carbons (Fsp3) is 0.176. The van der Waals surface area contributed by atoms with E-state index < -0.39 is 79.8 Å². The van der Waals surface area contributed by atoms with Crippen LogP contribution in [0.2, 0.25) is 0 Å². The molecule has 0 aromatic heterocycles. The van der Waals surface area contributed by atoms with Gasteiger partial charge in [-0.2, -0.15) is 0 Å². The van der Waals surface area contributed by atoms with Crippen molar-refractivity contribution in [3.8, 4) is 0 Å². The van der Waals surface area contributed by atoms with Gasteiger partial charge in [0.1, 0.15) is 42.0 Å². The molecule has 0 radical (unpaired) electrons. The van der Waals surface area contributed by atoms with Gasteiger partial charge in [-0.05, 0) is 44.6 Å². The molecule has 13 nitrogen and oxygen atoms in total. The van der Waals surface area contributed by atoms with E-state index in [4.69, 9.17) is 4.79 Å². The van der Waals surface area contributed by atoms with Gasteiger partial charge in [0, 0.05) is 0 Å². The van der Waals surface area contributed by atoms with Gasteiger partial charge >= 0.3 is 19.5 Å². The third-order valence-corrected chi connectivity index (χ3v) is 7.40. The molecule has 0 fully saturated rings. The Bertz CT molecular complexity index is 1360. The van der Waals surface area contributed by atoms with Crippen LogP contribution in [0.3, 0.4) is 0 Å². The molecule has 3 aromatic rings. The minimum atomic E-state index is -1.80. The number of Topliss-reactive ketones (excluding diaryl/α,β-unsaturated/α-hetero) is 6. The molecule has 0 heterocycles. The molecule has 260 valence electrons. The predicted octanol–water partition coefficient (Wildman–Crippen LogP) is -1.89. The summed E-state index contributed by atoms with van der Waals surface area (Å²) in [4.78, 5) is 97.2. The average molecular weight is 782 g/mol. The topological polar surface area (TPSA) is 240 Å². The van der Waals surface area contributed by atoms with E-state index in [0.717, 1.165) is 20.8 Å². The quantitative estimate of drug-likeness (QED) is 0.0847. The maximum Gasteiger partial charge on any atom is 3.00 e. The number of carbonyl (C=O) groups is 10. The number of hydrogen-bond donors (Lipinski definition) is 0. The van der Waals surface area contributed by atoms with Gasteiger partial charge in [0.05, 0.1) is 19.3 Å². The van der Waals surface area contributed by atoms with Crippen molar-refractivity contribution >= 4 is 83.2 Å². The SMILES string of the molecule is C=O.CC(=O)CC(=O)C(=O)[O-].CC(=O)CC(=O)C(=O)[O-].CC(=O)CC(=O)C(=O)[O-].[Rh+3].c1ccc(P(c2ccccc2)c2ccccc2)cc1. The van der Waals surface area contributed by atoms with Crippen LogP contribution in [0, 0.1) is 0 Å². The number of hydrogen-bond acceptors (Lipinski definition) is 13. The second kappa shape index (κ2) is 27.9. The summed E-state index contributed by atoms with van der Waals surface area (Å²) in [7, 11) is -0.446. The van der Waals surface area contributed by atoms with E-state index in [-0.39, 0.29) is 19.5 Å². The first-order valence-corrected chi connectivity index (χ1v) is 14.9. The number of rotatable bonds is 12. The maximum absolute atomic E-state index is 10.1. The van der Waals surface area contributed by atoms with Crippen molar-refractivity contribution in [3.63, 3.8) is 0 Å². The molecule has 0 aliphatic rings. The molecule has 0 atom stereocenters. The zero-order chi connectivity index (χ0) is 37.2. The summed E-state index contributed by atoms with van der Waals surface area (Å²) >= 11 is 0. The summed E-state index contributed by atoms with van der Waals surface area (Å²) in [6.07, 6.45) is -1.70. The fourth-order valence-electron chi connectivity index (χ4n) is 3.07. The first kappa shape index (κ1) is 48.2. The van der Waals surface area contributed by atoms with Gasteiger partial charge in [-0.15, -0.1) is 0 Å². The molecule has 0 unspecified atom stereocenters. The van der Waals surface area contributed by atoms with Crippen molar-refractivity contribution in [1.29, 1.82) is 0 Å². The van der Waals surface area contributed by atoms with Crippen LogP contribution in [-0.4, -0.2) is 59.4 Å². The zero-order valence-corrected chi connectivity index (χ0v) is 29.1. The average Bonchev–Trinajstić information content (AvgIpc) is 3.03. The van der Waals surface area contributed by atoms with Gasteiger partial charge in [0.2, 0.25) is 0 Å². The molecule has 49 heavy (non-hydrogen) atoms. The van der Waals surface area contributed by atoms with Crippen LogP contribution in [0.1, 0.15) is 40.0 Å². The Morgan fingerprint density at radius 2 is 0.633 bits per heavy atom. The van der Waals surface area contributed by atoms with E-state index in [9.17, 15) is 58.5 Å². The monoisotopic (exact) mass is 782 g/mol. The number of carboxylic acid groups (broad SMARTS) is 3. The van der Waals surface area contributed by atoms with Crippen LogP contribution in [0.4, 0.5) is 0 Å². The summed E-state index contributed by atoms with van der Waals surface area (Å²) in [6.45, 7) is 5.42. The van der Waals surface area contributed by atoms with Gasteiger partial charge < -0.3 is 34.5 Å². The van der Waals surface area contributed by atoms with E-state index in [1.54, 1.807) is 0 Å². The van der Waals surface area contributed by atoms with E-state index >= 15 is 0 Å². The van der Waals surface area contributed by atoms with Gasteiger partial charge in [-0.25, -0.2) is 0 Å². The first-order valence-electron chi connectivity index (χ1n) is 13.5. The zero-order valence-electron chi connectivity index (χ0n) is 26.6. The molecule has 0 saturated carbocycles. The Morgan fingerprint density at radius 1 is 0.449 bits per heavy atom. The Kier molecular flexibility index (Phi) is 27.4. The van der Waals surface area contributed by atoms with E-state index in [2.05, 4.69) is 91.0 Å². The summed E-state index contributed by atoms with van der Waals surface area (Å²) < 4.78 is 0. The van der Waals surface area contributed by atoms with E-state index in [0.29, 0.717) is 0 Å². The number of benzene rings is 3. The van der Waals surface area contributed by atoms with Crippen molar-refractivity contribution in [1.82, 2.24) is 0 Å². The molecule has 15 heteroatoms. The van der Waals surface area contributed by atoms with E-state index in [1.165, 1.54) is 15.9 Å². The second-order valence-electron chi connectivity index (χ2n) is 9.11. The molecule has 0 amide bonds. The Balaban J connectivity index is -0.000000608. The first-order chi connectivity index (χ1) is 22.6. The number of ketones is 6. The van der Waals surface area contributed by atoms with Crippen LogP contribution >= 0.6 is 7.92 Å². The summed E-state index contributed by atoms with van der Waals surface area (Å²) in [5.41, 5.74) is 0. The normalized spacial score (nSPS) is 8.90.